The Kier molecular flexibility index (Phi) is 47.8. The first-order valence-corrected chi connectivity index (χ1v) is 49.7. The first-order chi connectivity index (χ1) is 63.2. The summed E-state index contributed by atoms with van der Waals surface area (Å²) in [6, 6.07) is 75.6. The predicted molar refractivity (Wildman–Crippen MR) is 528 cm³/mol. The van der Waals surface area contributed by atoms with Crippen LogP contribution in [0, 0.1) is 0 Å². The highest BCUT2D eigenvalue weighted by Gasteiger charge is 2.17. The molecule has 12 nitrogen and oxygen atoms in total. The largest absolute Gasteiger partial charge is 0.494 e. The Morgan fingerprint density at radius 1 is 0.188 bits per heavy atom. The molecule has 0 bridgehead atoms. The molecule has 0 N–H and O–H groups in total. The molecule has 0 atom stereocenters. The van der Waals surface area contributed by atoms with Gasteiger partial charge in [-0.1, -0.05) is 380 Å². The molecule has 10 aromatic rings. The summed E-state index contributed by atoms with van der Waals surface area (Å²) in [6.07, 6.45) is 51.9. The normalized spacial score (nSPS) is 11.2. The second kappa shape index (κ2) is 61.2. The molecule has 0 radical (unpaired) electrons. The number of hydrogen-bond donors (Lipinski definition) is 0. The molecule has 10 aromatic carbocycles. The summed E-state index contributed by atoms with van der Waals surface area (Å²) in [7, 11) is 1.39. The Morgan fingerprint density at radius 2 is 0.406 bits per heavy atom. The molecule has 0 aliphatic heterocycles. The summed E-state index contributed by atoms with van der Waals surface area (Å²) >= 11 is 0. The van der Waals surface area contributed by atoms with Gasteiger partial charge in [0.1, 0.15) is 74.1 Å². The molecule has 0 saturated carbocycles. The Labute approximate surface area is 770 Å². The van der Waals surface area contributed by atoms with E-state index in [1.807, 2.05) is 91.0 Å². The van der Waals surface area contributed by atoms with Crippen molar-refractivity contribution < 1.29 is 56.9 Å². The lowest BCUT2D eigenvalue weighted by Crippen LogP contribution is -2.02. The first kappa shape index (κ1) is 99.8. The Bertz CT molecular complexity index is 4320. The fourth-order valence-corrected chi connectivity index (χ4v) is 16.1. The number of methoxy groups -OCH3 is 1. The molecule has 0 saturated heterocycles. The van der Waals surface area contributed by atoms with Gasteiger partial charge in [0.15, 0.2) is 23.0 Å². The molecule has 688 valence electrons. The molecule has 10 rings (SSSR count). The average molecular weight is 1740 g/mol. The molecule has 0 spiro atoms. The Balaban J connectivity index is 0.770. The summed E-state index contributed by atoms with van der Waals surface area (Å²) in [5, 5.41) is 0. The standard InChI is InChI=1S/C116H152O12/c1-6-10-14-18-22-26-30-34-38-42-78-119-106-68-50-95(51-69-106)89-125-112-76-66-103(84-114(112)127-91-97-54-72-108(73-55-97)121-80-44-40-36-32-28-24-20-16-12-8-3)99-58-46-93(47-59-99)87-123-110-82-105(101-62-64-102(65-63-101)116(117)118-5)83-111(86-110)124-88-94-48-60-100(61-49-94)104-67-77-113(126-90-96-52-70-107(71-53-96)120-79-43-39-35-31-27-23-19-15-11-7-2)115(85-104)128-92-98-56-74-109(75-57-98)122-81-45-41-37-33-29-25-21-17-13-9-4/h46-77,82-86H,6-45,78-81,87-92H2,1-5H3. The highest BCUT2D eigenvalue weighted by Crippen LogP contribution is 2.39. The van der Waals surface area contributed by atoms with Crippen LogP contribution in [0.4, 0.5) is 0 Å². The van der Waals surface area contributed by atoms with Crippen LogP contribution in [0.2, 0.25) is 0 Å². The van der Waals surface area contributed by atoms with Crippen molar-refractivity contribution in [1.29, 1.82) is 0 Å². The molecule has 0 amide bonds. The summed E-state index contributed by atoms with van der Waals surface area (Å²) in [5.41, 5.74) is 12.4. The third kappa shape index (κ3) is 38.9. The van der Waals surface area contributed by atoms with Gasteiger partial charge in [0, 0.05) is 6.07 Å². The van der Waals surface area contributed by atoms with Crippen molar-refractivity contribution in [3.63, 3.8) is 0 Å². The number of benzene rings is 10. The molecule has 12 heteroatoms. The molecule has 0 aliphatic rings. The highest BCUT2D eigenvalue weighted by atomic mass is 16.5. The van der Waals surface area contributed by atoms with E-state index in [0.717, 1.165) is 142 Å². The van der Waals surface area contributed by atoms with E-state index in [1.165, 1.54) is 238 Å². The first-order valence-electron chi connectivity index (χ1n) is 49.7. The summed E-state index contributed by atoms with van der Waals surface area (Å²) in [5.74, 6) is 6.99. The molecule has 0 aromatic heterocycles. The lowest BCUT2D eigenvalue weighted by molar-refractivity contribution is 0.0600. The lowest BCUT2D eigenvalue weighted by atomic mass is 10.0. The summed E-state index contributed by atoms with van der Waals surface area (Å²) in [4.78, 5) is 12.6. The molecule has 0 aliphatic carbocycles. The van der Waals surface area contributed by atoms with Crippen LogP contribution in [0.5, 0.6) is 57.5 Å². The van der Waals surface area contributed by atoms with Crippen molar-refractivity contribution in [1.82, 2.24) is 0 Å². The van der Waals surface area contributed by atoms with Crippen molar-refractivity contribution >= 4 is 5.97 Å². The van der Waals surface area contributed by atoms with Gasteiger partial charge in [0.25, 0.3) is 0 Å². The Hall–Kier alpha value is -10.3. The minimum atomic E-state index is -0.398. The fourth-order valence-electron chi connectivity index (χ4n) is 16.1. The predicted octanol–water partition coefficient (Wildman–Crippen LogP) is 33.1. The monoisotopic (exact) mass is 1740 g/mol. The molecule has 0 heterocycles. The van der Waals surface area contributed by atoms with Crippen LogP contribution in [-0.2, 0) is 44.4 Å². The van der Waals surface area contributed by atoms with E-state index in [1.54, 1.807) is 12.1 Å². The number of carbonyl (C=O) groups is 1. The van der Waals surface area contributed by atoms with Crippen molar-refractivity contribution in [3.05, 3.63) is 263 Å². The zero-order chi connectivity index (χ0) is 89.2. The van der Waals surface area contributed by atoms with Gasteiger partial charge in [-0.3, -0.25) is 0 Å². The number of unbranched alkanes of at least 4 members (excludes halogenated alkanes) is 36. The van der Waals surface area contributed by atoms with E-state index in [4.69, 9.17) is 52.1 Å². The highest BCUT2D eigenvalue weighted by molar-refractivity contribution is 5.90. The van der Waals surface area contributed by atoms with Crippen molar-refractivity contribution in [2.75, 3.05) is 33.5 Å². The zero-order valence-electron chi connectivity index (χ0n) is 78.6. The van der Waals surface area contributed by atoms with Gasteiger partial charge in [0.2, 0.25) is 0 Å². The number of carbonyl (C=O) groups excluding carboxylic acids is 1. The lowest BCUT2D eigenvalue weighted by Gasteiger charge is -2.16. The number of rotatable bonds is 70. The van der Waals surface area contributed by atoms with Gasteiger partial charge in [-0.15, -0.1) is 0 Å². The fraction of sp³-hybridized carbons (Fsp3) is 0.474. The van der Waals surface area contributed by atoms with E-state index in [2.05, 4.69) is 149 Å². The van der Waals surface area contributed by atoms with Gasteiger partial charge in [-0.2, -0.15) is 0 Å². The second-order valence-corrected chi connectivity index (χ2v) is 34.9. The van der Waals surface area contributed by atoms with Gasteiger partial charge < -0.3 is 52.1 Å². The van der Waals surface area contributed by atoms with Crippen LogP contribution in [-0.4, -0.2) is 39.5 Å². The van der Waals surface area contributed by atoms with E-state index < -0.39 is 5.97 Å². The number of esters is 1. The third-order valence-electron chi connectivity index (χ3n) is 24.1. The van der Waals surface area contributed by atoms with Crippen molar-refractivity contribution in [2.45, 2.75) is 324 Å². The summed E-state index contributed by atoms with van der Waals surface area (Å²) in [6.45, 7) is 14.1. The topological polar surface area (TPSA) is 119 Å². The number of hydrogen-bond acceptors (Lipinski definition) is 12. The maximum Gasteiger partial charge on any atom is 0.337 e. The molecule has 128 heavy (non-hydrogen) atoms. The van der Waals surface area contributed by atoms with Crippen molar-refractivity contribution in [3.8, 4) is 90.9 Å². The molecular formula is C116H152O12. The quantitative estimate of drug-likeness (QED) is 0.0267. The zero-order valence-corrected chi connectivity index (χ0v) is 78.6. The van der Waals surface area contributed by atoms with Crippen LogP contribution >= 0.6 is 0 Å². The Morgan fingerprint density at radius 3 is 0.672 bits per heavy atom. The van der Waals surface area contributed by atoms with Crippen molar-refractivity contribution in [2.24, 2.45) is 0 Å². The average Bonchev–Trinajstić information content (AvgIpc) is 0.835. The van der Waals surface area contributed by atoms with Gasteiger partial charge in [-0.05, 0) is 190 Å². The van der Waals surface area contributed by atoms with E-state index in [0.29, 0.717) is 79.7 Å². The van der Waals surface area contributed by atoms with Crippen LogP contribution in [0.1, 0.15) is 328 Å². The van der Waals surface area contributed by atoms with Gasteiger partial charge in [0.05, 0.1) is 39.1 Å². The van der Waals surface area contributed by atoms with Gasteiger partial charge >= 0.3 is 5.97 Å². The van der Waals surface area contributed by atoms with Crippen LogP contribution < -0.4 is 47.4 Å². The SMILES string of the molecule is CCCCCCCCCCCCOc1ccc(COc2ccc(-c3ccc(COc4cc(OCc5ccc(-c6ccc(OCc7ccc(OCCCCCCCCCCCC)cc7)c(OCc7ccc(OCCCCCCCCCCCC)cc7)c6)cc5)cc(-c5ccc(C(=O)OC)cc5)c4)cc3)cc2OCc2ccc(OCCCCCCCCCCCC)cc2)cc1. The minimum absolute atomic E-state index is 0.299. The smallest absolute Gasteiger partial charge is 0.337 e. The van der Waals surface area contributed by atoms with E-state index in [-0.39, 0.29) is 0 Å². The third-order valence-corrected chi connectivity index (χ3v) is 24.1. The van der Waals surface area contributed by atoms with E-state index in [9.17, 15) is 4.79 Å². The molecule has 0 unspecified atom stereocenters. The maximum atomic E-state index is 12.6. The minimum Gasteiger partial charge on any atom is -0.494 e. The van der Waals surface area contributed by atoms with Gasteiger partial charge in [-0.25, -0.2) is 4.79 Å². The van der Waals surface area contributed by atoms with Crippen LogP contribution in [0.25, 0.3) is 33.4 Å². The summed E-state index contributed by atoms with van der Waals surface area (Å²) < 4.78 is 69.7. The molecule has 0 fully saturated rings. The number of ether oxygens (including phenoxy) is 11. The second-order valence-electron chi connectivity index (χ2n) is 34.9. The molecular weight excluding hydrogens is 1590 g/mol. The maximum absolute atomic E-state index is 12.6. The van der Waals surface area contributed by atoms with Crippen LogP contribution in [0.15, 0.2) is 224 Å². The van der Waals surface area contributed by atoms with Crippen LogP contribution in [0.3, 0.4) is 0 Å². The van der Waals surface area contributed by atoms with E-state index >= 15 is 0 Å².